The third kappa shape index (κ3) is 8.43. The van der Waals surface area contributed by atoms with Gasteiger partial charge in [-0.15, -0.1) is 0 Å². The molecule has 0 saturated heterocycles. The fraction of sp³-hybridized carbons (Fsp3) is 0.500. The van der Waals surface area contributed by atoms with E-state index in [4.69, 9.17) is 21.7 Å². The van der Waals surface area contributed by atoms with Gasteiger partial charge in [-0.3, -0.25) is 9.59 Å². The number of carboxylic acids is 2. The van der Waals surface area contributed by atoms with Gasteiger partial charge in [-0.2, -0.15) is 19.9 Å². The highest BCUT2D eigenvalue weighted by Crippen LogP contribution is 2.34. The Morgan fingerprint density at radius 3 is 1.40 bits per heavy atom. The minimum absolute atomic E-state index is 0.162. The van der Waals surface area contributed by atoms with E-state index in [0.717, 1.165) is 72.5 Å². The smallest absolute Gasteiger partial charge is 0.303 e. The first-order chi connectivity index (χ1) is 24.1. The zero-order valence-corrected chi connectivity index (χ0v) is 27.3. The van der Waals surface area contributed by atoms with Gasteiger partial charge in [0, 0.05) is 37.1 Å². The van der Waals surface area contributed by atoms with Crippen LogP contribution in [-0.4, -0.2) is 96.7 Å². The number of nitrogen functional groups attached to an aromatic ring is 2. The van der Waals surface area contributed by atoms with E-state index in [9.17, 15) is 19.8 Å². The molecule has 10 N–H and O–H groups in total. The number of aliphatic carboxylic acids is 2. The van der Waals surface area contributed by atoms with E-state index < -0.39 is 11.9 Å². The van der Waals surface area contributed by atoms with Crippen molar-refractivity contribution in [3.8, 4) is 0 Å². The molecule has 2 fully saturated rings. The number of fused-ring (bicyclic) bond motifs is 2. The van der Waals surface area contributed by atoms with Crippen molar-refractivity contribution in [2.24, 2.45) is 11.8 Å². The number of carbonyl (C=O) groups is 2. The molecule has 4 aliphatic carbocycles. The molecule has 0 spiro atoms. The minimum Gasteiger partial charge on any atom is -0.481 e. The van der Waals surface area contributed by atoms with E-state index in [0.29, 0.717) is 12.1 Å². The van der Waals surface area contributed by atoms with E-state index in [-0.39, 0.29) is 61.9 Å². The Labute approximate surface area is 286 Å². The second-order valence-corrected chi connectivity index (χ2v) is 12.9. The number of carboxylic acid groups (broad SMARTS) is 2. The molecule has 4 aliphatic rings. The summed E-state index contributed by atoms with van der Waals surface area (Å²) < 4.78 is 4.02. The molecule has 8 rings (SSSR count). The maximum atomic E-state index is 9.64. The fourth-order valence-electron chi connectivity index (χ4n) is 5.80. The van der Waals surface area contributed by atoms with Gasteiger partial charge in [0.15, 0.2) is 34.0 Å². The molecule has 0 unspecified atom stereocenters. The van der Waals surface area contributed by atoms with Crippen LogP contribution in [0.3, 0.4) is 0 Å². The van der Waals surface area contributed by atoms with Gasteiger partial charge >= 0.3 is 11.9 Å². The standard InChI is InChI=1S/2C14H18N6O.C4H6O4/c2*15-14-18-12(17-9-2-3-9)11-13(19-14)20(7-16-11)10-4-1-8(5-10)6-21;5-3(6)1-2-4(7)8/h2*1,4,7-10,21H,2-3,5-6H2,(H3,15,17,18,19);1-2H2,(H,5,6)(H,7,8)/t2*8-,10+;/m11./s1. The lowest BCUT2D eigenvalue weighted by molar-refractivity contribution is -0.143. The van der Waals surface area contributed by atoms with E-state index in [2.05, 4.69) is 52.7 Å². The molecule has 0 aliphatic heterocycles. The number of nitrogens with two attached hydrogens (primary N) is 2. The van der Waals surface area contributed by atoms with Crippen LogP contribution in [0.25, 0.3) is 22.3 Å². The van der Waals surface area contributed by atoms with Crippen LogP contribution in [0.5, 0.6) is 0 Å². The van der Waals surface area contributed by atoms with Crippen LogP contribution in [0.4, 0.5) is 23.5 Å². The Balaban J connectivity index is 0.000000143. The summed E-state index contributed by atoms with van der Waals surface area (Å²) in [5.74, 6) is 0.214. The van der Waals surface area contributed by atoms with Crippen molar-refractivity contribution in [3.05, 3.63) is 37.0 Å². The highest BCUT2D eigenvalue weighted by atomic mass is 16.4. The van der Waals surface area contributed by atoms with Gasteiger partial charge in [-0.25, -0.2) is 9.97 Å². The van der Waals surface area contributed by atoms with E-state index in [1.54, 1.807) is 12.7 Å². The largest absolute Gasteiger partial charge is 0.481 e. The summed E-state index contributed by atoms with van der Waals surface area (Å²) in [6.45, 7) is 0.344. The Morgan fingerprint density at radius 2 is 1.08 bits per heavy atom. The van der Waals surface area contributed by atoms with Crippen molar-refractivity contribution in [1.29, 1.82) is 0 Å². The number of nitrogens with one attached hydrogen (secondary N) is 2. The topological polar surface area (TPSA) is 278 Å². The van der Waals surface area contributed by atoms with Gasteiger partial charge < -0.3 is 51.7 Å². The van der Waals surface area contributed by atoms with Crippen molar-refractivity contribution < 1.29 is 30.0 Å². The van der Waals surface area contributed by atoms with Crippen molar-refractivity contribution in [2.45, 2.75) is 75.5 Å². The lowest BCUT2D eigenvalue weighted by Crippen LogP contribution is -2.10. The summed E-state index contributed by atoms with van der Waals surface area (Å²) in [7, 11) is 0. The Hall–Kier alpha value is -5.36. The average molecular weight is 691 g/mol. The molecule has 4 aromatic heterocycles. The van der Waals surface area contributed by atoms with Crippen LogP contribution in [0, 0.1) is 11.8 Å². The third-order valence-corrected chi connectivity index (χ3v) is 8.75. The van der Waals surface area contributed by atoms with Gasteiger partial charge in [0.25, 0.3) is 0 Å². The molecule has 50 heavy (non-hydrogen) atoms. The first kappa shape index (κ1) is 34.5. The van der Waals surface area contributed by atoms with Crippen molar-refractivity contribution in [1.82, 2.24) is 39.0 Å². The van der Waals surface area contributed by atoms with Gasteiger partial charge in [0.2, 0.25) is 11.9 Å². The van der Waals surface area contributed by atoms with E-state index >= 15 is 0 Å². The van der Waals surface area contributed by atoms with E-state index in [1.807, 2.05) is 21.3 Å². The van der Waals surface area contributed by atoms with Crippen molar-refractivity contribution >= 4 is 57.8 Å². The van der Waals surface area contributed by atoms with Gasteiger partial charge in [-0.1, -0.05) is 24.3 Å². The van der Waals surface area contributed by atoms with Crippen LogP contribution >= 0.6 is 0 Å². The number of allylic oxidation sites excluding steroid dienone is 2. The zero-order valence-electron chi connectivity index (χ0n) is 27.3. The zero-order chi connectivity index (χ0) is 35.4. The normalized spacial score (nSPS) is 22.2. The molecular formula is C32H42N12O6. The number of nitrogens with zero attached hydrogens (tertiary/aromatic N) is 8. The monoisotopic (exact) mass is 690 g/mol. The van der Waals surface area contributed by atoms with Crippen molar-refractivity contribution in [3.63, 3.8) is 0 Å². The number of aliphatic hydroxyl groups excluding tert-OH is 2. The Kier molecular flexibility index (Phi) is 10.4. The lowest BCUT2D eigenvalue weighted by Gasteiger charge is -2.13. The SMILES string of the molecule is Nc1nc(NC2CC2)c2ncn([C@H]3C=C[C@@H](CO)C3)c2n1.Nc1nc(NC2CC2)c2ncn([C@H]3C=C[C@@H](CO)C3)c2n1.O=C(O)CCC(=O)O. The number of aromatic nitrogens is 8. The van der Waals surface area contributed by atoms with Crippen LogP contribution < -0.4 is 22.1 Å². The quantitative estimate of drug-likeness (QED) is 0.105. The molecule has 0 aromatic carbocycles. The number of hydrogen-bond donors (Lipinski definition) is 8. The maximum absolute atomic E-state index is 9.64. The third-order valence-electron chi connectivity index (χ3n) is 8.75. The summed E-state index contributed by atoms with van der Waals surface area (Å²) in [5, 5.41) is 41.0. The highest BCUT2D eigenvalue weighted by Gasteiger charge is 2.28. The predicted molar refractivity (Wildman–Crippen MR) is 184 cm³/mol. The summed E-state index contributed by atoms with van der Waals surface area (Å²) in [6.07, 6.45) is 17.6. The van der Waals surface area contributed by atoms with Crippen molar-refractivity contribution in [2.75, 3.05) is 35.3 Å². The van der Waals surface area contributed by atoms with Crippen LogP contribution in [0.1, 0.15) is 63.5 Å². The molecule has 266 valence electrons. The number of anilines is 4. The molecule has 4 atom stereocenters. The number of hydrogen-bond acceptors (Lipinski definition) is 14. The lowest BCUT2D eigenvalue weighted by atomic mass is 10.1. The molecule has 18 heteroatoms. The van der Waals surface area contributed by atoms with Crippen LogP contribution in [-0.2, 0) is 9.59 Å². The van der Waals surface area contributed by atoms with Crippen LogP contribution in [0.15, 0.2) is 37.0 Å². The van der Waals surface area contributed by atoms with Gasteiger partial charge in [0.1, 0.15) is 0 Å². The van der Waals surface area contributed by atoms with Gasteiger partial charge in [-0.05, 0) is 38.5 Å². The summed E-state index contributed by atoms with van der Waals surface area (Å²) in [5.41, 5.74) is 14.7. The summed E-state index contributed by atoms with van der Waals surface area (Å²) in [4.78, 5) is 45.4. The molecular weight excluding hydrogens is 648 g/mol. The second-order valence-electron chi connectivity index (χ2n) is 12.9. The molecule has 4 aromatic rings. The number of rotatable bonds is 11. The molecule has 0 bridgehead atoms. The van der Waals surface area contributed by atoms with Gasteiger partial charge in [0.05, 0.1) is 37.6 Å². The second kappa shape index (κ2) is 15.0. The fourth-order valence-corrected chi connectivity index (χ4v) is 5.80. The first-order valence-corrected chi connectivity index (χ1v) is 16.7. The molecule has 0 amide bonds. The Bertz CT molecular complexity index is 1760. The molecule has 18 nitrogen and oxygen atoms in total. The van der Waals surface area contributed by atoms with Crippen LogP contribution in [0.2, 0.25) is 0 Å². The molecule has 0 radical (unpaired) electrons. The Morgan fingerprint density at radius 1 is 0.680 bits per heavy atom. The molecule has 4 heterocycles. The van der Waals surface area contributed by atoms with E-state index in [1.165, 1.54) is 0 Å². The minimum atomic E-state index is -1.08. The number of imidazole rings is 2. The molecule has 2 saturated carbocycles. The first-order valence-electron chi connectivity index (χ1n) is 16.7. The maximum Gasteiger partial charge on any atom is 0.303 e. The summed E-state index contributed by atoms with van der Waals surface area (Å²) in [6, 6.07) is 1.29. The summed E-state index contributed by atoms with van der Waals surface area (Å²) >= 11 is 0. The average Bonchev–Trinajstić information content (AvgIpc) is 3.81. The highest BCUT2D eigenvalue weighted by molar-refractivity contribution is 5.85. The number of aliphatic hydroxyl groups is 2. The predicted octanol–water partition coefficient (Wildman–Crippen LogP) is 2.12.